The number of rotatable bonds is 5. The molecule has 1 fully saturated rings. The SMILES string of the molecule is CCC1(CC)C(N)CC1Oc1cccc(C)c1[N+](=O)[O-]. The number of nitro benzene ring substituents is 1. The number of para-hydroxylation sites is 1. The Morgan fingerprint density at radius 3 is 2.60 bits per heavy atom. The van der Waals surface area contributed by atoms with Gasteiger partial charge in [-0.15, -0.1) is 0 Å². The summed E-state index contributed by atoms with van der Waals surface area (Å²) in [5, 5.41) is 11.2. The summed E-state index contributed by atoms with van der Waals surface area (Å²) in [6.45, 7) is 5.93. The van der Waals surface area contributed by atoms with E-state index in [0.29, 0.717) is 11.3 Å². The first-order chi connectivity index (χ1) is 9.46. The molecular weight excluding hydrogens is 256 g/mol. The molecule has 2 unspecified atom stereocenters. The van der Waals surface area contributed by atoms with Crippen LogP contribution in [0.2, 0.25) is 0 Å². The van der Waals surface area contributed by atoms with Gasteiger partial charge in [0.2, 0.25) is 0 Å². The number of hydrogen-bond acceptors (Lipinski definition) is 4. The van der Waals surface area contributed by atoms with Crippen molar-refractivity contribution in [1.29, 1.82) is 0 Å². The van der Waals surface area contributed by atoms with Gasteiger partial charge in [-0.05, 0) is 25.8 Å². The van der Waals surface area contributed by atoms with E-state index in [2.05, 4.69) is 13.8 Å². The number of nitro groups is 1. The van der Waals surface area contributed by atoms with Gasteiger partial charge in [0, 0.05) is 23.4 Å². The molecule has 0 heterocycles. The molecule has 2 N–H and O–H groups in total. The molecule has 0 aromatic heterocycles. The molecule has 0 aliphatic heterocycles. The van der Waals surface area contributed by atoms with Crippen LogP contribution in [-0.2, 0) is 0 Å². The van der Waals surface area contributed by atoms with E-state index in [1.54, 1.807) is 25.1 Å². The van der Waals surface area contributed by atoms with Gasteiger partial charge < -0.3 is 10.5 Å². The van der Waals surface area contributed by atoms with Crippen molar-refractivity contribution in [3.05, 3.63) is 33.9 Å². The third kappa shape index (κ3) is 2.16. The molecule has 2 atom stereocenters. The van der Waals surface area contributed by atoms with Crippen molar-refractivity contribution < 1.29 is 9.66 Å². The molecule has 0 spiro atoms. The Morgan fingerprint density at radius 2 is 2.10 bits per heavy atom. The van der Waals surface area contributed by atoms with Crippen LogP contribution in [0.25, 0.3) is 0 Å². The van der Waals surface area contributed by atoms with Crippen LogP contribution in [0, 0.1) is 22.5 Å². The first kappa shape index (κ1) is 14.8. The summed E-state index contributed by atoms with van der Waals surface area (Å²) in [5.74, 6) is 0.359. The lowest BCUT2D eigenvalue weighted by atomic mass is 9.59. The van der Waals surface area contributed by atoms with E-state index in [9.17, 15) is 10.1 Å². The van der Waals surface area contributed by atoms with E-state index in [1.807, 2.05) is 0 Å². The van der Waals surface area contributed by atoms with Crippen molar-refractivity contribution >= 4 is 5.69 Å². The second-order valence-corrected chi connectivity index (χ2v) is 5.57. The van der Waals surface area contributed by atoms with Crippen LogP contribution in [-0.4, -0.2) is 17.1 Å². The molecule has 110 valence electrons. The third-order valence-electron chi connectivity index (χ3n) is 4.82. The maximum Gasteiger partial charge on any atom is 0.313 e. The molecule has 0 saturated heterocycles. The fourth-order valence-electron chi connectivity index (χ4n) is 3.29. The molecule has 2 rings (SSSR count). The average molecular weight is 278 g/mol. The molecule has 1 aliphatic rings. The maximum absolute atomic E-state index is 11.2. The van der Waals surface area contributed by atoms with Crippen LogP contribution in [0.3, 0.4) is 0 Å². The van der Waals surface area contributed by atoms with E-state index in [4.69, 9.17) is 10.5 Å². The minimum absolute atomic E-state index is 0.0343. The predicted molar refractivity (Wildman–Crippen MR) is 77.9 cm³/mol. The highest BCUT2D eigenvalue weighted by Crippen LogP contribution is 2.48. The smallest absolute Gasteiger partial charge is 0.313 e. The maximum atomic E-state index is 11.2. The summed E-state index contributed by atoms with van der Waals surface area (Å²) in [7, 11) is 0. The quantitative estimate of drug-likeness (QED) is 0.662. The molecule has 0 radical (unpaired) electrons. The van der Waals surface area contributed by atoms with E-state index in [0.717, 1.165) is 19.3 Å². The van der Waals surface area contributed by atoms with Crippen molar-refractivity contribution in [1.82, 2.24) is 0 Å². The number of ether oxygens (including phenoxy) is 1. The lowest BCUT2D eigenvalue weighted by Crippen LogP contribution is -2.63. The Balaban J connectivity index is 2.28. The topological polar surface area (TPSA) is 78.4 Å². The van der Waals surface area contributed by atoms with Crippen molar-refractivity contribution in [2.24, 2.45) is 11.1 Å². The zero-order chi connectivity index (χ0) is 14.9. The Labute approximate surface area is 119 Å². The molecule has 0 bridgehead atoms. The summed E-state index contributed by atoms with van der Waals surface area (Å²) in [6, 6.07) is 5.30. The molecule has 1 aromatic rings. The molecular formula is C15H22N2O3. The van der Waals surface area contributed by atoms with E-state index < -0.39 is 0 Å². The second kappa shape index (κ2) is 5.40. The third-order valence-corrected chi connectivity index (χ3v) is 4.82. The fourth-order valence-corrected chi connectivity index (χ4v) is 3.29. The standard InChI is InChI=1S/C15H22N2O3/c1-4-15(5-2)12(16)9-13(15)20-11-8-6-7-10(3)14(11)17(18)19/h6-8,12-13H,4-5,9,16H2,1-3H3. The van der Waals surface area contributed by atoms with Crippen molar-refractivity contribution in [3.63, 3.8) is 0 Å². The highest BCUT2D eigenvalue weighted by Gasteiger charge is 2.52. The molecule has 1 saturated carbocycles. The molecule has 1 aliphatic carbocycles. The van der Waals surface area contributed by atoms with Gasteiger partial charge in [-0.25, -0.2) is 0 Å². The Kier molecular flexibility index (Phi) is 3.99. The monoisotopic (exact) mass is 278 g/mol. The largest absolute Gasteiger partial charge is 0.483 e. The summed E-state index contributed by atoms with van der Waals surface area (Å²) >= 11 is 0. The lowest BCUT2D eigenvalue weighted by Gasteiger charge is -2.53. The molecule has 20 heavy (non-hydrogen) atoms. The first-order valence-electron chi connectivity index (χ1n) is 7.12. The highest BCUT2D eigenvalue weighted by molar-refractivity contribution is 5.52. The highest BCUT2D eigenvalue weighted by atomic mass is 16.6. The zero-order valence-corrected chi connectivity index (χ0v) is 12.3. The van der Waals surface area contributed by atoms with Gasteiger partial charge in [-0.2, -0.15) is 0 Å². The van der Waals surface area contributed by atoms with Crippen LogP contribution in [0.15, 0.2) is 18.2 Å². The molecule has 0 amide bonds. The van der Waals surface area contributed by atoms with Gasteiger partial charge in [-0.1, -0.05) is 26.0 Å². The number of nitrogens with zero attached hydrogens (tertiary/aromatic N) is 1. The summed E-state index contributed by atoms with van der Waals surface area (Å²) < 4.78 is 5.97. The molecule has 1 aromatic carbocycles. The van der Waals surface area contributed by atoms with Gasteiger partial charge in [0.1, 0.15) is 6.10 Å². The normalized spacial score (nSPS) is 24.0. The van der Waals surface area contributed by atoms with Gasteiger partial charge in [-0.3, -0.25) is 10.1 Å². The number of nitrogens with two attached hydrogens (primary N) is 1. The number of aryl methyl sites for hydroxylation is 1. The van der Waals surface area contributed by atoms with Crippen LogP contribution < -0.4 is 10.5 Å². The lowest BCUT2D eigenvalue weighted by molar-refractivity contribution is -0.386. The van der Waals surface area contributed by atoms with Gasteiger partial charge in [0.25, 0.3) is 0 Å². The van der Waals surface area contributed by atoms with Crippen molar-refractivity contribution in [2.45, 2.75) is 52.2 Å². The van der Waals surface area contributed by atoms with Crippen molar-refractivity contribution in [2.75, 3.05) is 0 Å². The average Bonchev–Trinajstić information content (AvgIpc) is 2.39. The van der Waals surface area contributed by atoms with E-state index in [-0.39, 0.29) is 28.2 Å². The minimum Gasteiger partial charge on any atom is -0.483 e. The van der Waals surface area contributed by atoms with Crippen molar-refractivity contribution in [3.8, 4) is 5.75 Å². The van der Waals surface area contributed by atoms with E-state index >= 15 is 0 Å². The summed E-state index contributed by atoms with van der Waals surface area (Å²) in [6.07, 6.45) is 2.57. The Bertz CT molecular complexity index is 512. The Hall–Kier alpha value is -1.62. The van der Waals surface area contributed by atoms with Gasteiger partial charge in [0.15, 0.2) is 5.75 Å². The predicted octanol–water partition coefficient (Wildman–Crippen LogP) is 3.19. The van der Waals surface area contributed by atoms with E-state index in [1.165, 1.54) is 0 Å². The van der Waals surface area contributed by atoms with Crippen LogP contribution in [0.5, 0.6) is 5.75 Å². The second-order valence-electron chi connectivity index (χ2n) is 5.57. The zero-order valence-electron chi connectivity index (χ0n) is 12.3. The first-order valence-corrected chi connectivity index (χ1v) is 7.12. The van der Waals surface area contributed by atoms with Crippen LogP contribution in [0.4, 0.5) is 5.69 Å². The summed E-state index contributed by atoms with van der Waals surface area (Å²) in [5.41, 5.74) is 6.76. The number of hydrogen-bond donors (Lipinski definition) is 1. The van der Waals surface area contributed by atoms with Gasteiger partial charge in [0.05, 0.1) is 4.92 Å². The molecule has 5 nitrogen and oxygen atoms in total. The van der Waals surface area contributed by atoms with Gasteiger partial charge >= 0.3 is 5.69 Å². The summed E-state index contributed by atoms with van der Waals surface area (Å²) in [4.78, 5) is 10.8. The van der Waals surface area contributed by atoms with Crippen LogP contribution in [0.1, 0.15) is 38.7 Å². The minimum atomic E-state index is -0.372. The molecule has 5 heteroatoms. The Morgan fingerprint density at radius 1 is 1.45 bits per heavy atom. The number of benzene rings is 1. The fraction of sp³-hybridized carbons (Fsp3) is 0.600. The van der Waals surface area contributed by atoms with Crippen LogP contribution >= 0.6 is 0 Å².